The van der Waals surface area contributed by atoms with Crippen molar-refractivity contribution in [1.29, 1.82) is 0 Å². The SMILES string of the molecule is COC(=O)CCCS(=O)(=O)N(C)Cc1ccc(F)cc1F. The molecule has 0 aliphatic heterocycles. The molecule has 0 fully saturated rings. The summed E-state index contributed by atoms with van der Waals surface area (Å²) >= 11 is 0. The highest BCUT2D eigenvalue weighted by Gasteiger charge is 2.19. The highest BCUT2D eigenvalue weighted by molar-refractivity contribution is 7.89. The summed E-state index contributed by atoms with van der Waals surface area (Å²) in [6, 6.07) is 2.97. The monoisotopic (exact) mass is 321 g/mol. The first-order chi connectivity index (χ1) is 9.76. The minimum atomic E-state index is -3.62. The van der Waals surface area contributed by atoms with E-state index < -0.39 is 27.6 Å². The zero-order valence-corrected chi connectivity index (χ0v) is 12.6. The van der Waals surface area contributed by atoms with Crippen LogP contribution < -0.4 is 0 Å². The van der Waals surface area contributed by atoms with Gasteiger partial charge in [0.2, 0.25) is 10.0 Å². The minimum absolute atomic E-state index is 0.00548. The largest absolute Gasteiger partial charge is 0.469 e. The van der Waals surface area contributed by atoms with E-state index in [0.29, 0.717) is 6.07 Å². The molecule has 0 saturated carbocycles. The number of nitrogens with zero attached hydrogens (tertiary/aromatic N) is 1. The molecule has 1 aromatic rings. The molecule has 0 radical (unpaired) electrons. The van der Waals surface area contributed by atoms with Crippen LogP contribution in [0.25, 0.3) is 0 Å². The second-order valence-corrected chi connectivity index (χ2v) is 6.68. The Morgan fingerprint density at radius 1 is 1.33 bits per heavy atom. The molecule has 0 N–H and O–H groups in total. The first kappa shape index (κ1) is 17.5. The average Bonchev–Trinajstić information content (AvgIpc) is 2.41. The molecule has 1 rings (SSSR count). The quantitative estimate of drug-likeness (QED) is 0.717. The van der Waals surface area contributed by atoms with E-state index >= 15 is 0 Å². The molecule has 5 nitrogen and oxygen atoms in total. The molecular formula is C13H17F2NO4S. The van der Waals surface area contributed by atoms with E-state index in [9.17, 15) is 22.0 Å². The number of halogens is 2. The Labute approximate surface area is 122 Å². The van der Waals surface area contributed by atoms with Crippen LogP contribution in [0, 0.1) is 11.6 Å². The number of esters is 1. The fourth-order valence-electron chi connectivity index (χ4n) is 1.64. The number of carbonyl (C=O) groups excluding carboxylic acids is 1. The Bertz CT molecular complexity index is 604. The molecule has 0 aliphatic rings. The number of benzene rings is 1. The van der Waals surface area contributed by atoms with E-state index in [1.54, 1.807) is 0 Å². The van der Waals surface area contributed by atoms with Crippen molar-refractivity contribution in [2.45, 2.75) is 19.4 Å². The van der Waals surface area contributed by atoms with Crippen LogP contribution in [0.15, 0.2) is 18.2 Å². The van der Waals surface area contributed by atoms with Crippen molar-refractivity contribution in [3.8, 4) is 0 Å². The molecule has 0 aromatic heterocycles. The predicted molar refractivity (Wildman–Crippen MR) is 72.9 cm³/mol. The van der Waals surface area contributed by atoms with Crippen molar-refractivity contribution >= 4 is 16.0 Å². The van der Waals surface area contributed by atoms with Crippen molar-refractivity contribution in [1.82, 2.24) is 4.31 Å². The minimum Gasteiger partial charge on any atom is -0.469 e. The first-order valence-electron chi connectivity index (χ1n) is 6.21. The van der Waals surface area contributed by atoms with Gasteiger partial charge in [0, 0.05) is 31.6 Å². The average molecular weight is 321 g/mol. The molecule has 0 bridgehead atoms. The number of carbonyl (C=O) groups is 1. The van der Waals surface area contributed by atoms with E-state index in [4.69, 9.17) is 0 Å². The van der Waals surface area contributed by atoms with E-state index in [-0.39, 0.29) is 30.7 Å². The summed E-state index contributed by atoms with van der Waals surface area (Å²) in [6.45, 7) is -0.202. The second kappa shape index (κ2) is 7.46. The Hall–Kier alpha value is -1.54. The number of hydrogen-bond donors (Lipinski definition) is 0. The number of hydrogen-bond acceptors (Lipinski definition) is 4. The lowest BCUT2D eigenvalue weighted by Crippen LogP contribution is -2.29. The van der Waals surface area contributed by atoms with Crippen LogP contribution in [0.2, 0.25) is 0 Å². The molecule has 0 aliphatic carbocycles. The Morgan fingerprint density at radius 2 is 2.00 bits per heavy atom. The summed E-state index contributed by atoms with van der Waals surface area (Å²) in [4.78, 5) is 10.9. The highest BCUT2D eigenvalue weighted by Crippen LogP contribution is 2.14. The molecular weight excluding hydrogens is 304 g/mol. The van der Waals surface area contributed by atoms with E-state index in [0.717, 1.165) is 10.4 Å². The molecule has 0 unspecified atom stereocenters. The van der Waals surface area contributed by atoms with Gasteiger partial charge >= 0.3 is 5.97 Å². The number of sulfonamides is 1. The van der Waals surface area contributed by atoms with E-state index in [1.165, 1.54) is 20.2 Å². The van der Waals surface area contributed by atoms with Gasteiger partial charge in [-0.3, -0.25) is 4.79 Å². The van der Waals surface area contributed by atoms with Gasteiger partial charge in [0.15, 0.2) is 0 Å². The molecule has 21 heavy (non-hydrogen) atoms. The lowest BCUT2D eigenvalue weighted by atomic mass is 10.2. The highest BCUT2D eigenvalue weighted by atomic mass is 32.2. The van der Waals surface area contributed by atoms with E-state index in [1.807, 2.05) is 0 Å². The van der Waals surface area contributed by atoms with Gasteiger partial charge < -0.3 is 4.74 Å². The van der Waals surface area contributed by atoms with Crippen molar-refractivity contribution in [2.24, 2.45) is 0 Å². The summed E-state index contributed by atoms with van der Waals surface area (Å²) in [7, 11) is -1.10. The normalized spacial score (nSPS) is 11.7. The first-order valence-corrected chi connectivity index (χ1v) is 7.82. The molecule has 0 heterocycles. The maximum atomic E-state index is 13.5. The smallest absolute Gasteiger partial charge is 0.305 e. The van der Waals surface area contributed by atoms with Gasteiger partial charge in [-0.1, -0.05) is 6.07 Å². The molecule has 118 valence electrons. The second-order valence-electron chi connectivity index (χ2n) is 4.49. The van der Waals surface area contributed by atoms with Gasteiger partial charge in [0.25, 0.3) is 0 Å². The van der Waals surface area contributed by atoms with Crippen molar-refractivity contribution in [3.63, 3.8) is 0 Å². The summed E-state index contributed by atoms with van der Waals surface area (Å²) < 4.78 is 55.6. The molecule has 0 atom stereocenters. The Morgan fingerprint density at radius 3 is 2.57 bits per heavy atom. The van der Waals surface area contributed by atoms with Crippen LogP contribution >= 0.6 is 0 Å². The molecule has 0 amide bonds. The summed E-state index contributed by atoms with van der Waals surface area (Å²) in [6.07, 6.45) is 0.111. The van der Waals surface area contributed by atoms with Crippen LogP contribution in [-0.2, 0) is 26.1 Å². The van der Waals surface area contributed by atoms with E-state index in [2.05, 4.69) is 4.74 Å². The topological polar surface area (TPSA) is 63.7 Å². The Balaban J connectivity index is 2.64. The van der Waals surface area contributed by atoms with Gasteiger partial charge in [-0.2, -0.15) is 0 Å². The van der Waals surface area contributed by atoms with Gasteiger partial charge in [-0.25, -0.2) is 21.5 Å². The summed E-state index contributed by atoms with van der Waals surface area (Å²) in [5.41, 5.74) is 0.0791. The zero-order chi connectivity index (χ0) is 16.0. The molecule has 1 aromatic carbocycles. The predicted octanol–water partition coefficient (Wildman–Crippen LogP) is 1.68. The zero-order valence-electron chi connectivity index (χ0n) is 11.8. The van der Waals surface area contributed by atoms with Gasteiger partial charge in [0.05, 0.1) is 12.9 Å². The fourth-order valence-corrected chi connectivity index (χ4v) is 2.80. The maximum Gasteiger partial charge on any atom is 0.305 e. The third-order valence-electron chi connectivity index (χ3n) is 2.89. The van der Waals surface area contributed by atoms with Gasteiger partial charge in [-0.15, -0.1) is 0 Å². The third-order valence-corrected chi connectivity index (χ3v) is 4.78. The standard InChI is InChI=1S/C13H17F2NO4S/c1-16(9-10-5-6-11(14)8-12(10)15)21(18,19)7-3-4-13(17)20-2/h5-6,8H,3-4,7,9H2,1-2H3. The molecule has 0 saturated heterocycles. The number of methoxy groups -OCH3 is 1. The number of rotatable bonds is 7. The van der Waals surface area contributed by atoms with Crippen LogP contribution in [0.3, 0.4) is 0 Å². The van der Waals surface area contributed by atoms with Crippen LogP contribution in [-0.4, -0.2) is 38.6 Å². The molecule has 0 spiro atoms. The van der Waals surface area contributed by atoms with Gasteiger partial charge in [-0.05, 0) is 12.5 Å². The summed E-state index contributed by atoms with van der Waals surface area (Å²) in [5, 5.41) is 0. The third kappa shape index (κ3) is 5.39. The van der Waals surface area contributed by atoms with Crippen molar-refractivity contribution in [3.05, 3.63) is 35.4 Å². The lowest BCUT2D eigenvalue weighted by Gasteiger charge is -2.17. The lowest BCUT2D eigenvalue weighted by molar-refractivity contribution is -0.140. The number of ether oxygens (including phenoxy) is 1. The summed E-state index contributed by atoms with van der Waals surface area (Å²) in [5.74, 6) is -2.26. The van der Waals surface area contributed by atoms with Crippen molar-refractivity contribution in [2.75, 3.05) is 19.9 Å². The van der Waals surface area contributed by atoms with Crippen LogP contribution in [0.1, 0.15) is 18.4 Å². The maximum absolute atomic E-state index is 13.5. The van der Waals surface area contributed by atoms with Crippen LogP contribution in [0.4, 0.5) is 8.78 Å². The van der Waals surface area contributed by atoms with Crippen LogP contribution in [0.5, 0.6) is 0 Å². The molecule has 8 heteroatoms. The van der Waals surface area contributed by atoms with Crippen molar-refractivity contribution < 1.29 is 26.7 Å². The Kier molecular flexibility index (Phi) is 6.22. The fraction of sp³-hybridized carbons (Fsp3) is 0.462. The van der Waals surface area contributed by atoms with Gasteiger partial charge in [0.1, 0.15) is 11.6 Å².